The van der Waals surface area contributed by atoms with Gasteiger partial charge in [0.1, 0.15) is 0 Å². The van der Waals surface area contributed by atoms with Crippen LogP contribution in [0.3, 0.4) is 0 Å². The molecule has 4 heteroatoms. The van der Waals surface area contributed by atoms with Crippen LogP contribution in [0, 0.1) is 5.92 Å². The normalized spacial score (nSPS) is 22.1. The van der Waals surface area contributed by atoms with Gasteiger partial charge in [-0.05, 0) is 23.8 Å². The van der Waals surface area contributed by atoms with Gasteiger partial charge in [-0.2, -0.15) is 16.9 Å². The van der Waals surface area contributed by atoms with Crippen LogP contribution in [-0.4, -0.2) is 27.8 Å². The molecule has 1 aromatic rings. The molecule has 3 nitrogen and oxygen atoms in total. The van der Waals surface area contributed by atoms with Crippen molar-refractivity contribution in [2.75, 3.05) is 23.4 Å². The van der Waals surface area contributed by atoms with Crippen LogP contribution in [0.4, 0.5) is 5.69 Å². The maximum absolute atomic E-state index is 4.11. The van der Waals surface area contributed by atoms with Crippen LogP contribution in [0.5, 0.6) is 0 Å². The molecule has 0 amide bonds. The lowest BCUT2D eigenvalue weighted by atomic mass is 10.1. The average Bonchev–Trinajstić information content (AvgIpc) is 2.71. The Bertz CT molecular complexity index is 266. The molecule has 0 radical (unpaired) electrons. The van der Waals surface area contributed by atoms with Gasteiger partial charge in [-0.25, -0.2) is 0 Å². The number of aromatic nitrogens is 2. The van der Waals surface area contributed by atoms with Crippen molar-refractivity contribution >= 4 is 17.4 Å². The van der Waals surface area contributed by atoms with E-state index in [2.05, 4.69) is 22.2 Å². The number of hydrogen-bond donors (Lipinski definition) is 1. The van der Waals surface area contributed by atoms with Gasteiger partial charge in [0.25, 0.3) is 0 Å². The number of anilines is 1. The standard InChI is InChI=1S/C9H15N3S/c1-12-6-9(5-11-12)10-4-8-2-3-13-7-8/h5-6,8,10H,2-4,7H2,1H3. The Kier molecular flexibility index (Phi) is 2.78. The summed E-state index contributed by atoms with van der Waals surface area (Å²) in [4.78, 5) is 0. The number of rotatable bonds is 3. The van der Waals surface area contributed by atoms with Gasteiger partial charge in [0.15, 0.2) is 0 Å². The Morgan fingerprint density at radius 2 is 2.69 bits per heavy atom. The molecule has 13 heavy (non-hydrogen) atoms. The lowest BCUT2D eigenvalue weighted by Crippen LogP contribution is -2.12. The van der Waals surface area contributed by atoms with Gasteiger partial charge in [-0.3, -0.25) is 4.68 Å². The first-order chi connectivity index (χ1) is 6.34. The highest BCUT2D eigenvalue weighted by Gasteiger charge is 2.14. The van der Waals surface area contributed by atoms with Gasteiger partial charge < -0.3 is 5.32 Å². The molecule has 0 aliphatic carbocycles. The number of thioether (sulfide) groups is 1. The summed E-state index contributed by atoms with van der Waals surface area (Å²) < 4.78 is 1.83. The van der Waals surface area contributed by atoms with Crippen LogP contribution in [0.1, 0.15) is 6.42 Å². The highest BCUT2D eigenvalue weighted by molar-refractivity contribution is 7.99. The first kappa shape index (κ1) is 8.94. The van der Waals surface area contributed by atoms with Crippen LogP contribution in [0.25, 0.3) is 0 Å². The van der Waals surface area contributed by atoms with Crippen LogP contribution in [-0.2, 0) is 7.05 Å². The van der Waals surface area contributed by atoms with Crippen molar-refractivity contribution in [1.29, 1.82) is 0 Å². The molecule has 0 bridgehead atoms. The van der Waals surface area contributed by atoms with E-state index in [-0.39, 0.29) is 0 Å². The number of aryl methyl sites for hydroxylation is 1. The third-order valence-electron chi connectivity index (χ3n) is 2.32. The fraction of sp³-hybridized carbons (Fsp3) is 0.667. The largest absolute Gasteiger partial charge is 0.382 e. The number of nitrogens with one attached hydrogen (secondary N) is 1. The first-order valence-corrected chi connectivity index (χ1v) is 5.80. The molecule has 1 fully saturated rings. The highest BCUT2D eigenvalue weighted by Crippen LogP contribution is 2.23. The van der Waals surface area contributed by atoms with E-state index in [0.717, 1.165) is 18.2 Å². The third-order valence-corrected chi connectivity index (χ3v) is 3.56. The van der Waals surface area contributed by atoms with Gasteiger partial charge in [0, 0.05) is 19.8 Å². The Morgan fingerprint density at radius 1 is 1.77 bits per heavy atom. The summed E-state index contributed by atoms with van der Waals surface area (Å²) in [6, 6.07) is 0. The summed E-state index contributed by atoms with van der Waals surface area (Å²) in [6.07, 6.45) is 5.25. The van der Waals surface area contributed by atoms with E-state index < -0.39 is 0 Å². The van der Waals surface area contributed by atoms with E-state index in [1.54, 1.807) is 0 Å². The third kappa shape index (κ3) is 2.40. The molecule has 2 heterocycles. The maximum Gasteiger partial charge on any atom is 0.0726 e. The number of nitrogens with zero attached hydrogens (tertiary/aromatic N) is 2. The van der Waals surface area contributed by atoms with Gasteiger partial charge in [-0.1, -0.05) is 0 Å². The Labute approximate surface area is 82.9 Å². The smallest absolute Gasteiger partial charge is 0.0726 e. The average molecular weight is 197 g/mol. The minimum Gasteiger partial charge on any atom is -0.382 e. The Morgan fingerprint density at radius 3 is 3.31 bits per heavy atom. The van der Waals surface area contributed by atoms with E-state index in [1.165, 1.54) is 17.9 Å². The van der Waals surface area contributed by atoms with E-state index in [4.69, 9.17) is 0 Å². The number of hydrogen-bond acceptors (Lipinski definition) is 3. The second-order valence-electron chi connectivity index (χ2n) is 3.51. The molecule has 72 valence electrons. The zero-order valence-corrected chi connectivity index (χ0v) is 8.68. The van der Waals surface area contributed by atoms with Crippen LogP contribution in [0.2, 0.25) is 0 Å². The quantitative estimate of drug-likeness (QED) is 0.798. The highest BCUT2D eigenvalue weighted by atomic mass is 32.2. The van der Waals surface area contributed by atoms with Gasteiger partial charge in [-0.15, -0.1) is 0 Å². The monoisotopic (exact) mass is 197 g/mol. The van der Waals surface area contributed by atoms with Crippen molar-refractivity contribution in [1.82, 2.24) is 9.78 Å². The lowest BCUT2D eigenvalue weighted by Gasteiger charge is -2.08. The zero-order valence-electron chi connectivity index (χ0n) is 7.86. The summed E-state index contributed by atoms with van der Waals surface area (Å²) in [5, 5.41) is 7.52. The van der Waals surface area contributed by atoms with Gasteiger partial charge in [0.2, 0.25) is 0 Å². The predicted octanol–water partition coefficient (Wildman–Crippen LogP) is 1.59. The summed E-state index contributed by atoms with van der Waals surface area (Å²) >= 11 is 2.06. The molecule has 0 aromatic carbocycles. The van der Waals surface area contributed by atoms with E-state index in [1.807, 2.05) is 24.1 Å². The van der Waals surface area contributed by atoms with Crippen LogP contribution in [0.15, 0.2) is 12.4 Å². The molecular formula is C9H15N3S. The topological polar surface area (TPSA) is 29.9 Å². The van der Waals surface area contributed by atoms with Gasteiger partial charge in [0.05, 0.1) is 11.9 Å². The SMILES string of the molecule is Cn1cc(NCC2CCSC2)cn1. The molecule has 2 rings (SSSR count). The van der Waals surface area contributed by atoms with Crippen LogP contribution < -0.4 is 5.32 Å². The van der Waals surface area contributed by atoms with Crippen molar-refractivity contribution in [3.63, 3.8) is 0 Å². The second-order valence-corrected chi connectivity index (χ2v) is 4.66. The van der Waals surface area contributed by atoms with E-state index >= 15 is 0 Å². The molecular weight excluding hydrogens is 182 g/mol. The maximum atomic E-state index is 4.11. The first-order valence-electron chi connectivity index (χ1n) is 4.65. The van der Waals surface area contributed by atoms with Crippen molar-refractivity contribution < 1.29 is 0 Å². The Hall–Kier alpha value is -0.640. The van der Waals surface area contributed by atoms with Crippen molar-refractivity contribution in [2.45, 2.75) is 6.42 Å². The van der Waals surface area contributed by atoms with Crippen LogP contribution >= 0.6 is 11.8 Å². The minimum absolute atomic E-state index is 0.852. The van der Waals surface area contributed by atoms with Crippen molar-refractivity contribution in [2.24, 2.45) is 13.0 Å². The molecule has 0 saturated carbocycles. The fourth-order valence-corrected chi connectivity index (χ4v) is 2.80. The molecule has 0 spiro atoms. The molecule has 1 unspecified atom stereocenters. The van der Waals surface area contributed by atoms with E-state index in [9.17, 15) is 0 Å². The molecule has 1 aliphatic rings. The second kappa shape index (κ2) is 4.05. The summed E-state index contributed by atoms with van der Waals surface area (Å²) in [5.41, 5.74) is 1.14. The molecule has 1 aromatic heterocycles. The zero-order chi connectivity index (χ0) is 9.10. The molecule has 1 atom stereocenters. The summed E-state index contributed by atoms with van der Waals surface area (Å²) in [5.74, 6) is 3.50. The summed E-state index contributed by atoms with van der Waals surface area (Å²) in [6.45, 7) is 1.10. The molecule has 1 saturated heterocycles. The predicted molar refractivity (Wildman–Crippen MR) is 57.1 cm³/mol. The van der Waals surface area contributed by atoms with E-state index in [0.29, 0.717) is 0 Å². The van der Waals surface area contributed by atoms with Crippen molar-refractivity contribution in [3.8, 4) is 0 Å². The van der Waals surface area contributed by atoms with Crippen molar-refractivity contribution in [3.05, 3.63) is 12.4 Å². The summed E-state index contributed by atoms with van der Waals surface area (Å²) in [7, 11) is 1.94. The Balaban J connectivity index is 1.78. The lowest BCUT2D eigenvalue weighted by molar-refractivity contribution is 0.632. The molecule has 1 aliphatic heterocycles. The molecule has 1 N–H and O–H groups in total. The fourth-order valence-electron chi connectivity index (χ4n) is 1.52. The minimum atomic E-state index is 0.852. The van der Waals surface area contributed by atoms with Gasteiger partial charge >= 0.3 is 0 Å².